The van der Waals surface area contributed by atoms with Crippen LogP contribution in [0.1, 0.15) is 18.1 Å². The highest BCUT2D eigenvalue weighted by molar-refractivity contribution is 6.22. The SMILES string of the molecule is C=C/C=C\C(C)N=C(N=C(NC)c1ccccc1)c1cccc2c3ccccc3n(-c3cccc4oc5cccc(-c6ccccc6)c5c34)c12. The van der Waals surface area contributed by atoms with Crippen molar-refractivity contribution in [1.29, 1.82) is 0 Å². The van der Waals surface area contributed by atoms with Gasteiger partial charge in [0.05, 0.1) is 28.1 Å². The smallest absolute Gasteiger partial charge is 0.159 e. The maximum absolute atomic E-state index is 6.58. The molecule has 242 valence electrons. The summed E-state index contributed by atoms with van der Waals surface area (Å²) in [5.74, 6) is 1.36. The first-order chi connectivity index (χ1) is 24.7. The molecule has 0 saturated carbocycles. The van der Waals surface area contributed by atoms with Gasteiger partial charge in [0, 0.05) is 34.3 Å². The highest BCUT2D eigenvalue weighted by Gasteiger charge is 2.23. The van der Waals surface area contributed by atoms with Crippen LogP contribution in [0.4, 0.5) is 0 Å². The molecule has 6 aromatic carbocycles. The third kappa shape index (κ3) is 5.39. The summed E-state index contributed by atoms with van der Waals surface area (Å²) in [6, 6.07) is 48.2. The van der Waals surface area contributed by atoms with Crippen molar-refractivity contribution in [2.45, 2.75) is 13.0 Å². The Morgan fingerprint density at radius 1 is 0.740 bits per heavy atom. The maximum Gasteiger partial charge on any atom is 0.159 e. The van der Waals surface area contributed by atoms with Crippen molar-refractivity contribution in [3.8, 4) is 16.8 Å². The predicted molar refractivity (Wildman–Crippen MR) is 211 cm³/mol. The molecule has 5 heteroatoms. The molecule has 0 fully saturated rings. The first kappa shape index (κ1) is 30.8. The standard InChI is InChI=1S/C45H36N4O/c1-4-5-17-30(2)47-45(48-44(46-3)32-20-10-7-11-21-32)36-25-14-24-35-34-22-12-13-26-37(34)49(43(35)36)38-27-16-29-40-42(38)41-33(23-15-28-39(41)50-40)31-18-8-6-9-19-31/h4-30H,1H2,2-3H3,(H,46,47,48)/b17-5-. The van der Waals surface area contributed by atoms with E-state index in [1.165, 1.54) is 0 Å². The summed E-state index contributed by atoms with van der Waals surface area (Å²) in [7, 11) is 1.90. The van der Waals surface area contributed by atoms with E-state index in [0.29, 0.717) is 5.84 Å². The molecule has 2 aromatic heterocycles. The minimum Gasteiger partial charge on any atom is -0.456 e. The number of rotatable bonds is 7. The number of benzene rings is 6. The molecule has 0 aliphatic rings. The van der Waals surface area contributed by atoms with Gasteiger partial charge < -0.3 is 14.3 Å². The molecule has 0 spiro atoms. The van der Waals surface area contributed by atoms with Gasteiger partial charge in [-0.05, 0) is 48.4 Å². The molecule has 8 rings (SSSR count). The van der Waals surface area contributed by atoms with Crippen LogP contribution in [0.5, 0.6) is 0 Å². The van der Waals surface area contributed by atoms with Crippen LogP contribution in [0, 0.1) is 0 Å². The van der Waals surface area contributed by atoms with Crippen molar-refractivity contribution >= 4 is 55.4 Å². The van der Waals surface area contributed by atoms with Crippen LogP contribution >= 0.6 is 0 Å². The van der Waals surface area contributed by atoms with Crippen molar-refractivity contribution in [2.75, 3.05) is 7.05 Å². The zero-order valence-electron chi connectivity index (χ0n) is 28.0. The van der Waals surface area contributed by atoms with Gasteiger partial charge in [-0.2, -0.15) is 0 Å². The van der Waals surface area contributed by atoms with E-state index in [-0.39, 0.29) is 6.04 Å². The molecule has 0 amide bonds. The van der Waals surface area contributed by atoms with E-state index in [2.05, 4.69) is 145 Å². The molecular formula is C45H36N4O. The van der Waals surface area contributed by atoms with Gasteiger partial charge >= 0.3 is 0 Å². The lowest BCUT2D eigenvalue weighted by molar-refractivity contribution is 0.669. The van der Waals surface area contributed by atoms with Crippen molar-refractivity contribution in [3.63, 3.8) is 0 Å². The molecule has 0 aliphatic heterocycles. The number of nitrogens with one attached hydrogen (secondary N) is 1. The Bertz CT molecular complexity index is 2610. The maximum atomic E-state index is 6.58. The van der Waals surface area contributed by atoms with Gasteiger partial charge in [-0.25, -0.2) is 4.99 Å². The molecule has 50 heavy (non-hydrogen) atoms. The fourth-order valence-electron chi connectivity index (χ4n) is 6.94. The summed E-state index contributed by atoms with van der Waals surface area (Å²) in [6.07, 6.45) is 5.73. The number of para-hydroxylation sites is 2. The number of hydrogen-bond donors (Lipinski definition) is 1. The Labute approximate surface area is 291 Å². The Morgan fingerprint density at radius 3 is 2.20 bits per heavy atom. The van der Waals surface area contributed by atoms with Gasteiger partial charge in [0.25, 0.3) is 0 Å². The Kier molecular flexibility index (Phi) is 8.15. The largest absolute Gasteiger partial charge is 0.456 e. The van der Waals surface area contributed by atoms with E-state index in [1.807, 2.05) is 37.4 Å². The molecule has 0 radical (unpaired) electrons. The molecule has 0 saturated heterocycles. The lowest BCUT2D eigenvalue weighted by atomic mass is 9.98. The molecule has 1 unspecified atom stereocenters. The Hall–Kier alpha value is -6.46. The normalized spacial score (nSPS) is 13.2. The quantitative estimate of drug-likeness (QED) is 0.106. The van der Waals surface area contributed by atoms with Crippen LogP contribution in [0.15, 0.2) is 179 Å². The summed E-state index contributed by atoms with van der Waals surface area (Å²) < 4.78 is 8.95. The first-order valence-corrected chi connectivity index (χ1v) is 16.9. The van der Waals surface area contributed by atoms with Crippen molar-refractivity contribution in [2.24, 2.45) is 9.98 Å². The number of amidine groups is 2. The van der Waals surface area contributed by atoms with Crippen molar-refractivity contribution in [1.82, 2.24) is 9.88 Å². The molecule has 2 heterocycles. The number of hydrogen-bond acceptors (Lipinski definition) is 2. The van der Waals surface area contributed by atoms with Crippen LogP contribution in [-0.2, 0) is 0 Å². The van der Waals surface area contributed by atoms with Gasteiger partial charge in [0.1, 0.15) is 17.0 Å². The zero-order chi connectivity index (χ0) is 34.0. The van der Waals surface area contributed by atoms with Crippen LogP contribution in [0.25, 0.3) is 60.6 Å². The van der Waals surface area contributed by atoms with Crippen LogP contribution in [-0.4, -0.2) is 29.3 Å². The molecule has 8 aromatic rings. The van der Waals surface area contributed by atoms with Crippen molar-refractivity contribution < 1.29 is 4.42 Å². The van der Waals surface area contributed by atoms with E-state index in [9.17, 15) is 0 Å². The van der Waals surface area contributed by atoms with E-state index >= 15 is 0 Å². The van der Waals surface area contributed by atoms with Gasteiger partial charge in [0.15, 0.2) is 5.84 Å². The minimum atomic E-state index is -0.150. The van der Waals surface area contributed by atoms with E-state index in [4.69, 9.17) is 14.4 Å². The van der Waals surface area contributed by atoms with Gasteiger partial charge in [0.2, 0.25) is 0 Å². The average molecular weight is 649 g/mol. The third-order valence-electron chi connectivity index (χ3n) is 9.12. The Balaban J connectivity index is 1.48. The molecular weight excluding hydrogens is 613 g/mol. The lowest BCUT2D eigenvalue weighted by Crippen LogP contribution is -2.22. The van der Waals surface area contributed by atoms with Gasteiger partial charge in [-0.15, -0.1) is 0 Å². The van der Waals surface area contributed by atoms with E-state index < -0.39 is 0 Å². The highest BCUT2D eigenvalue weighted by Crippen LogP contribution is 2.42. The fraction of sp³-hybridized carbons (Fsp3) is 0.0667. The van der Waals surface area contributed by atoms with Crippen LogP contribution in [0.3, 0.4) is 0 Å². The van der Waals surface area contributed by atoms with E-state index in [0.717, 1.165) is 77.5 Å². The second-order valence-electron chi connectivity index (χ2n) is 12.2. The monoisotopic (exact) mass is 648 g/mol. The number of nitrogens with zero attached hydrogens (tertiary/aromatic N) is 3. The second kappa shape index (κ2) is 13.2. The number of allylic oxidation sites excluding steroid dienone is 2. The van der Waals surface area contributed by atoms with Crippen LogP contribution in [0.2, 0.25) is 0 Å². The van der Waals surface area contributed by atoms with Gasteiger partial charge in [-0.3, -0.25) is 4.99 Å². The average Bonchev–Trinajstić information content (AvgIpc) is 3.72. The van der Waals surface area contributed by atoms with Crippen molar-refractivity contribution in [3.05, 3.63) is 175 Å². The zero-order valence-corrected chi connectivity index (χ0v) is 28.0. The molecule has 1 atom stereocenters. The second-order valence-corrected chi connectivity index (χ2v) is 12.2. The number of aromatic nitrogens is 1. The molecule has 0 aliphatic carbocycles. The van der Waals surface area contributed by atoms with E-state index in [1.54, 1.807) is 6.08 Å². The summed E-state index contributed by atoms with van der Waals surface area (Å²) >= 11 is 0. The molecule has 5 nitrogen and oxygen atoms in total. The summed E-state index contributed by atoms with van der Waals surface area (Å²) in [5, 5.41) is 7.75. The number of aliphatic imine (C=N–C) groups is 2. The molecule has 0 bridgehead atoms. The topological polar surface area (TPSA) is 54.8 Å². The number of fused-ring (bicyclic) bond motifs is 6. The number of furan rings is 1. The molecule has 1 N–H and O–H groups in total. The first-order valence-electron chi connectivity index (χ1n) is 16.9. The Morgan fingerprint density at radius 2 is 1.42 bits per heavy atom. The summed E-state index contributed by atoms with van der Waals surface area (Å²) in [4.78, 5) is 10.5. The lowest BCUT2D eigenvalue weighted by Gasteiger charge is -2.15. The summed E-state index contributed by atoms with van der Waals surface area (Å²) in [5.41, 5.74) is 9.01. The minimum absolute atomic E-state index is 0.150. The fourth-order valence-corrected chi connectivity index (χ4v) is 6.94. The van der Waals surface area contributed by atoms with Gasteiger partial charge in [-0.1, -0.05) is 134 Å². The summed E-state index contributed by atoms with van der Waals surface area (Å²) in [6.45, 7) is 5.93. The predicted octanol–water partition coefficient (Wildman–Crippen LogP) is 10.9. The van der Waals surface area contributed by atoms with Crippen LogP contribution < -0.4 is 5.32 Å². The third-order valence-corrected chi connectivity index (χ3v) is 9.12. The highest BCUT2D eigenvalue weighted by atomic mass is 16.3.